The zero-order chi connectivity index (χ0) is 47.2. The standard InChI is InChI=1S/C23H30BrNO5S.C22H30BrNO4S.C4H8O/c1-22(2,25-31(28,29)19-7-5-4-6-18(19)24)20(26)10-17-15-8-14-9-16(17)13-23(11-14,12-15)21(27)30-3;1-21(2,24-29(27,28)19-6-4-3-5-18(19)23)20(26)9-17-15-7-14-8-16(17)12-22(10-14,11-15)13-25;1-2-4-5-3-1/h4-7,14-17,25H,8-13H2,1-3H3;3-6,14-17,24-25H,7-13H2,1-2H3;1-4H2. The molecule has 2 aromatic carbocycles. The van der Waals surface area contributed by atoms with E-state index in [2.05, 4.69) is 41.3 Å². The maximum atomic E-state index is 13.3. The number of ketones is 2. The number of ether oxygens (including phenoxy) is 2. The van der Waals surface area contributed by atoms with Crippen LogP contribution < -0.4 is 9.44 Å². The van der Waals surface area contributed by atoms with Gasteiger partial charge in [0.05, 0.1) is 33.4 Å². The van der Waals surface area contributed by atoms with Crippen molar-refractivity contribution in [1.29, 1.82) is 0 Å². The average molecular weight is 1070 g/mol. The van der Waals surface area contributed by atoms with Gasteiger partial charge in [-0.15, -0.1) is 0 Å². The highest BCUT2D eigenvalue weighted by atomic mass is 79.9. The third-order valence-corrected chi connectivity index (χ3v) is 21.4. The van der Waals surface area contributed by atoms with Crippen LogP contribution in [0, 0.1) is 58.2 Å². The molecule has 4 unspecified atom stereocenters. The van der Waals surface area contributed by atoms with Gasteiger partial charge in [0.1, 0.15) is 0 Å². The molecule has 8 bridgehead atoms. The van der Waals surface area contributed by atoms with Crippen LogP contribution in [-0.4, -0.2) is 77.5 Å². The second kappa shape index (κ2) is 19.7. The van der Waals surface area contributed by atoms with Crippen LogP contribution in [-0.2, 0) is 43.9 Å². The van der Waals surface area contributed by atoms with Gasteiger partial charge in [-0.1, -0.05) is 24.3 Å². The van der Waals surface area contributed by atoms with Gasteiger partial charge in [-0.05, 0) is 214 Å². The summed E-state index contributed by atoms with van der Waals surface area (Å²) in [5.41, 5.74) is -2.69. The first-order valence-electron chi connectivity index (χ1n) is 23.4. The van der Waals surface area contributed by atoms with Gasteiger partial charge in [0, 0.05) is 41.6 Å². The van der Waals surface area contributed by atoms with Crippen molar-refractivity contribution in [3.05, 3.63) is 57.5 Å². The van der Waals surface area contributed by atoms with Crippen molar-refractivity contribution in [2.45, 2.75) is 138 Å². The lowest BCUT2D eigenvalue weighted by atomic mass is 9.45. The molecule has 8 aliphatic carbocycles. The highest BCUT2D eigenvalue weighted by molar-refractivity contribution is 9.10. The van der Waals surface area contributed by atoms with Crippen molar-refractivity contribution >= 4 is 69.4 Å². The van der Waals surface area contributed by atoms with Gasteiger partial charge in [-0.2, -0.15) is 9.44 Å². The summed E-state index contributed by atoms with van der Waals surface area (Å²) in [6.45, 7) is 8.85. The van der Waals surface area contributed by atoms with Crippen LogP contribution in [0.5, 0.6) is 0 Å². The normalized spacial score (nSPS) is 32.2. The van der Waals surface area contributed by atoms with Crippen LogP contribution in [0.2, 0.25) is 0 Å². The number of halogens is 2. The Kier molecular flexibility index (Phi) is 15.4. The Labute approximate surface area is 403 Å². The van der Waals surface area contributed by atoms with Gasteiger partial charge < -0.3 is 14.6 Å². The number of sulfonamides is 2. The minimum atomic E-state index is -3.86. The maximum Gasteiger partial charge on any atom is 0.311 e. The predicted octanol–water partition coefficient (Wildman–Crippen LogP) is 8.78. The first-order valence-corrected chi connectivity index (χ1v) is 28.0. The largest absolute Gasteiger partial charge is 0.469 e. The lowest BCUT2D eigenvalue weighted by Gasteiger charge is -2.60. The molecule has 16 heteroatoms. The Hall–Kier alpha value is -2.05. The average Bonchev–Trinajstić information content (AvgIpc) is 3.83. The summed E-state index contributed by atoms with van der Waals surface area (Å²) in [6, 6.07) is 13.2. The van der Waals surface area contributed by atoms with E-state index in [4.69, 9.17) is 9.47 Å². The molecule has 0 amide bonds. The molecule has 65 heavy (non-hydrogen) atoms. The second-order valence-electron chi connectivity index (χ2n) is 21.6. The zero-order valence-electron chi connectivity index (χ0n) is 38.5. The molecular formula is C49H68Br2N2O10S2. The topological polar surface area (TPSA) is 182 Å². The molecule has 0 spiro atoms. The van der Waals surface area contributed by atoms with Crippen molar-refractivity contribution in [2.75, 3.05) is 26.9 Å². The summed E-state index contributed by atoms with van der Waals surface area (Å²) in [7, 11) is -6.22. The number of carbonyl (C=O) groups is 3. The van der Waals surface area contributed by atoms with E-state index in [0.29, 0.717) is 63.2 Å². The number of hydrogen-bond donors (Lipinski definition) is 3. The minimum absolute atomic E-state index is 0.0522. The molecule has 9 fully saturated rings. The number of esters is 1. The van der Waals surface area contributed by atoms with Crippen molar-refractivity contribution in [1.82, 2.24) is 9.44 Å². The van der Waals surface area contributed by atoms with E-state index in [-0.39, 0.29) is 50.7 Å². The summed E-state index contributed by atoms with van der Waals surface area (Å²) < 4.78 is 67.8. The van der Waals surface area contributed by atoms with Gasteiger partial charge in [0.15, 0.2) is 11.6 Å². The molecule has 0 aromatic heterocycles. The molecule has 8 saturated carbocycles. The number of aliphatic hydroxyl groups is 1. The van der Waals surface area contributed by atoms with Crippen LogP contribution in [0.1, 0.15) is 118 Å². The maximum absolute atomic E-state index is 13.3. The highest BCUT2D eigenvalue weighted by Crippen LogP contribution is 2.64. The van der Waals surface area contributed by atoms with Crippen molar-refractivity contribution in [3.8, 4) is 0 Å². The molecule has 0 radical (unpaired) electrons. The monoisotopic (exact) mass is 1070 g/mol. The number of hydrogen-bond acceptors (Lipinski definition) is 10. The fourth-order valence-corrected chi connectivity index (χ4v) is 18.2. The summed E-state index contributed by atoms with van der Waals surface area (Å²) >= 11 is 6.57. The molecule has 360 valence electrons. The van der Waals surface area contributed by atoms with Gasteiger partial charge in [0.2, 0.25) is 20.0 Å². The molecule has 11 rings (SSSR count). The number of methoxy groups -OCH3 is 1. The van der Waals surface area contributed by atoms with Gasteiger partial charge in [-0.3, -0.25) is 14.4 Å². The molecule has 4 atom stereocenters. The van der Waals surface area contributed by atoms with Crippen LogP contribution in [0.15, 0.2) is 67.3 Å². The third-order valence-electron chi connectivity index (χ3n) is 16.1. The summed E-state index contributed by atoms with van der Waals surface area (Å²) in [4.78, 5) is 39.3. The number of aliphatic hydroxyl groups excluding tert-OH is 1. The molecule has 9 aliphatic rings. The van der Waals surface area contributed by atoms with Gasteiger partial charge in [0.25, 0.3) is 0 Å². The Morgan fingerprint density at radius 2 is 1.08 bits per heavy atom. The fourth-order valence-electron chi connectivity index (χ4n) is 13.4. The van der Waals surface area contributed by atoms with Crippen molar-refractivity contribution in [3.63, 3.8) is 0 Å². The zero-order valence-corrected chi connectivity index (χ0v) is 43.3. The van der Waals surface area contributed by atoms with Crippen LogP contribution in [0.4, 0.5) is 0 Å². The summed E-state index contributed by atoms with van der Waals surface area (Å²) in [5.74, 6) is 3.09. The van der Waals surface area contributed by atoms with E-state index in [1.165, 1.54) is 32.1 Å². The Morgan fingerprint density at radius 3 is 1.45 bits per heavy atom. The Bertz CT molecular complexity index is 2280. The number of nitrogens with one attached hydrogen (secondary N) is 2. The summed E-state index contributed by atoms with van der Waals surface area (Å²) in [6.07, 6.45) is 13.3. The van der Waals surface area contributed by atoms with Crippen LogP contribution in [0.25, 0.3) is 0 Å². The number of carbonyl (C=O) groups excluding carboxylic acids is 3. The first-order chi connectivity index (χ1) is 30.5. The quantitative estimate of drug-likeness (QED) is 0.155. The SMILES string of the molecule is C1CCOC1.CC(C)(NS(=O)(=O)c1ccccc1Br)C(=O)CC1C2CC3CC1CC(CO)(C3)C2.COC(=O)C12CC3CC(C1)C(CC(=O)C(C)(C)NS(=O)(=O)c1ccccc1Br)C(C3)C2. The fraction of sp³-hybridized carbons (Fsp3) is 0.694. The molecular weight excluding hydrogens is 1000 g/mol. The Morgan fingerprint density at radius 1 is 0.677 bits per heavy atom. The number of benzene rings is 2. The first kappa shape index (κ1) is 50.8. The van der Waals surface area contributed by atoms with E-state index in [1.807, 2.05) is 0 Å². The van der Waals surface area contributed by atoms with Gasteiger partial charge in [-0.25, -0.2) is 16.8 Å². The molecule has 1 heterocycles. The molecule has 1 aliphatic heterocycles. The predicted molar refractivity (Wildman–Crippen MR) is 254 cm³/mol. The van der Waals surface area contributed by atoms with Crippen LogP contribution >= 0.6 is 31.9 Å². The van der Waals surface area contributed by atoms with E-state index >= 15 is 0 Å². The van der Waals surface area contributed by atoms with Crippen molar-refractivity contribution in [2.24, 2.45) is 58.2 Å². The van der Waals surface area contributed by atoms with E-state index < -0.39 is 31.1 Å². The van der Waals surface area contributed by atoms with E-state index in [1.54, 1.807) is 64.1 Å². The smallest absolute Gasteiger partial charge is 0.311 e. The highest BCUT2D eigenvalue weighted by Gasteiger charge is 2.60. The van der Waals surface area contributed by atoms with E-state index in [9.17, 15) is 36.3 Å². The van der Waals surface area contributed by atoms with Gasteiger partial charge >= 0.3 is 5.97 Å². The van der Waals surface area contributed by atoms with E-state index in [0.717, 1.165) is 77.4 Å². The van der Waals surface area contributed by atoms with Crippen LogP contribution in [0.3, 0.4) is 0 Å². The molecule has 3 N–H and O–H groups in total. The third kappa shape index (κ3) is 11.0. The van der Waals surface area contributed by atoms with Crippen molar-refractivity contribution < 1.29 is 45.8 Å². The minimum Gasteiger partial charge on any atom is -0.469 e. The second-order valence-corrected chi connectivity index (χ2v) is 26.6. The summed E-state index contributed by atoms with van der Waals surface area (Å²) in [5, 5.41) is 9.94. The molecule has 12 nitrogen and oxygen atoms in total. The number of Topliss-reactive ketones (excluding diaryl/α,β-unsaturated/α-hetero) is 2. The lowest BCUT2D eigenvalue weighted by molar-refractivity contribution is -0.175. The lowest BCUT2D eigenvalue weighted by Crippen LogP contribution is -2.56. The molecule has 1 saturated heterocycles. The Balaban J connectivity index is 0.000000175. The molecule has 2 aromatic rings. The number of rotatable bonds is 14.